The van der Waals surface area contributed by atoms with Crippen molar-refractivity contribution in [3.8, 4) is 0 Å². The van der Waals surface area contributed by atoms with Crippen LogP contribution in [0.2, 0.25) is 0 Å². The van der Waals surface area contributed by atoms with Gasteiger partial charge >= 0.3 is 17.9 Å². The van der Waals surface area contributed by atoms with E-state index in [9.17, 15) is 14.4 Å². The normalized spacial score (nSPS) is 12.0. The van der Waals surface area contributed by atoms with Gasteiger partial charge in [0.1, 0.15) is 13.2 Å². The average molecular weight is 974 g/mol. The number of ether oxygens (including phenoxy) is 3. The van der Waals surface area contributed by atoms with Crippen LogP contribution in [0.1, 0.15) is 355 Å². The monoisotopic (exact) mass is 973 g/mol. The predicted molar refractivity (Wildman–Crippen MR) is 298 cm³/mol. The topological polar surface area (TPSA) is 78.9 Å². The zero-order valence-corrected chi connectivity index (χ0v) is 46.9. The lowest BCUT2D eigenvalue weighted by Gasteiger charge is -2.18. The van der Waals surface area contributed by atoms with Crippen LogP contribution in [-0.2, 0) is 28.6 Å². The van der Waals surface area contributed by atoms with Gasteiger partial charge in [0, 0.05) is 19.3 Å². The molecule has 1 unspecified atom stereocenters. The molecule has 408 valence electrons. The minimum absolute atomic E-state index is 0.0692. The highest BCUT2D eigenvalue weighted by Crippen LogP contribution is 2.18. The maximum absolute atomic E-state index is 12.7. The highest BCUT2D eigenvalue weighted by atomic mass is 16.6. The highest BCUT2D eigenvalue weighted by Gasteiger charge is 2.19. The van der Waals surface area contributed by atoms with Crippen molar-refractivity contribution in [3.05, 3.63) is 12.2 Å². The van der Waals surface area contributed by atoms with Crippen molar-refractivity contribution < 1.29 is 28.6 Å². The summed E-state index contributed by atoms with van der Waals surface area (Å²) < 4.78 is 16.7. The molecule has 0 aliphatic heterocycles. The summed E-state index contributed by atoms with van der Waals surface area (Å²) in [5.41, 5.74) is 0. The zero-order chi connectivity index (χ0) is 50.0. The molecular formula is C63H120O6. The Morgan fingerprint density at radius 2 is 0.478 bits per heavy atom. The van der Waals surface area contributed by atoms with Gasteiger partial charge in [-0.1, -0.05) is 303 Å². The molecule has 6 nitrogen and oxygen atoms in total. The minimum atomic E-state index is -0.767. The van der Waals surface area contributed by atoms with E-state index in [2.05, 4.69) is 32.9 Å². The molecule has 0 fully saturated rings. The van der Waals surface area contributed by atoms with Crippen LogP contribution in [0.4, 0.5) is 0 Å². The van der Waals surface area contributed by atoms with Crippen molar-refractivity contribution >= 4 is 17.9 Å². The van der Waals surface area contributed by atoms with Crippen LogP contribution in [0.5, 0.6) is 0 Å². The summed E-state index contributed by atoms with van der Waals surface area (Å²) >= 11 is 0. The summed E-state index contributed by atoms with van der Waals surface area (Å²) in [6, 6.07) is 0. The molecule has 0 bridgehead atoms. The molecule has 6 heteroatoms. The highest BCUT2D eigenvalue weighted by molar-refractivity contribution is 5.71. The quantitative estimate of drug-likeness (QED) is 0.0261. The van der Waals surface area contributed by atoms with Crippen LogP contribution < -0.4 is 0 Å². The SMILES string of the molecule is CCCCCCC/C=C\CCCCCCCC(=O)OC(COC(=O)CCCCCCC)COC(=O)CCCCCCCCCCCCCCCCCCCCCCCCCCCCCCCCCC. The fourth-order valence-electron chi connectivity index (χ4n) is 9.56. The van der Waals surface area contributed by atoms with E-state index in [4.69, 9.17) is 14.2 Å². The number of unbranched alkanes of at least 4 members (excludes halogenated alkanes) is 45. The van der Waals surface area contributed by atoms with E-state index < -0.39 is 6.10 Å². The van der Waals surface area contributed by atoms with Crippen molar-refractivity contribution in [2.24, 2.45) is 0 Å². The largest absolute Gasteiger partial charge is 0.462 e. The molecule has 1 atom stereocenters. The summed E-state index contributed by atoms with van der Waals surface area (Å²) in [6.45, 7) is 6.59. The lowest BCUT2D eigenvalue weighted by molar-refractivity contribution is -0.167. The van der Waals surface area contributed by atoms with Gasteiger partial charge in [0.05, 0.1) is 0 Å². The summed E-state index contributed by atoms with van der Waals surface area (Å²) in [7, 11) is 0. The number of esters is 3. The third-order valence-corrected chi connectivity index (χ3v) is 14.3. The van der Waals surface area contributed by atoms with Crippen LogP contribution in [0.25, 0.3) is 0 Å². The fourth-order valence-corrected chi connectivity index (χ4v) is 9.56. The van der Waals surface area contributed by atoms with Gasteiger partial charge in [-0.05, 0) is 44.9 Å². The van der Waals surface area contributed by atoms with Gasteiger partial charge in [-0.25, -0.2) is 0 Å². The van der Waals surface area contributed by atoms with Gasteiger partial charge < -0.3 is 14.2 Å². The van der Waals surface area contributed by atoms with Gasteiger partial charge in [-0.15, -0.1) is 0 Å². The molecule has 0 aromatic heterocycles. The maximum Gasteiger partial charge on any atom is 0.306 e. The van der Waals surface area contributed by atoms with Crippen molar-refractivity contribution in [1.29, 1.82) is 0 Å². The Morgan fingerprint density at radius 3 is 0.725 bits per heavy atom. The molecule has 0 saturated heterocycles. The van der Waals surface area contributed by atoms with Crippen molar-refractivity contribution in [1.82, 2.24) is 0 Å². The molecule has 0 saturated carbocycles. The van der Waals surface area contributed by atoms with Crippen molar-refractivity contribution in [2.45, 2.75) is 361 Å². The molecule has 0 aliphatic carbocycles. The molecule has 0 radical (unpaired) electrons. The van der Waals surface area contributed by atoms with Crippen LogP contribution in [0, 0.1) is 0 Å². The lowest BCUT2D eigenvalue weighted by Crippen LogP contribution is -2.30. The number of rotatable bonds is 58. The van der Waals surface area contributed by atoms with Crippen LogP contribution in [0.15, 0.2) is 12.2 Å². The summed E-state index contributed by atoms with van der Waals surface area (Å²) in [5, 5.41) is 0. The van der Waals surface area contributed by atoms with E-state index in [1.807, 2.05) is 0 Å². The molecule has 0 heterocycles. The van der Waals surface area contributed by atoms with Gasteiger partial charge in [0.2, 0.25) is 0 Å². The van der Waals surface area contributed by atoms with E-state index in [0.29, 0.717) is 19.3 Å². The van der Waals surface area contributed by atoms with E-state index >= 15 is 0 Å². The molecule has 69 heavy (non-hydrogen) atoms. The fraction of sp³-hybridized carbons (Fsp3) is 0.921. The number of hydrogen-bond acceptors (Lipinski definition) is 6. The number of carbonyl (C=O) groups is 3. The van der Waals surface area contributed by atoms with Crippen LogP contribution >= 0.6 is 0 Å². The Morgan fingerprint density at radius 1 is 0.275 bits per heavy atom. The second-order valence-electron chi connectivity index (χ2n) is 21.3. The average Bonchev–Trinajstić information content (AvgIpc) is 3.35. The second kappa shape index (κ2) is 58.7. The molecular weight excluding hydrogens is 853 g/mol. The minimum Gasteiger partial charge on any atom is -0.462 e. The first kappa shape index (κ1) is 67.1. The van der Waals surface area contributed by atoms with Crippen molar-refractivity contribution in [2.75, 3.05) is 13.2 Å². The molecule has 0 amide bonds. The molecule has 0 aromatic rings. The summed E-state index contributed by atoms with van der Waals surface area (Å²) in [4.78, 5) is 37.8. The Labute approximate surface area is 431 Å². The Kier molecular flexibility index (Phi) is 57.1. The van der Waals surface area contributed by atoms with E-state index in [1.54, 1.807) is 0 Å². The first-order chi connectivity index (χ1) is 34.0. The van der Waals surface area contributed by atoms with E-state index in [-0.39, 0.29) is 31.1 Å². The standard InChI is InChI=1S/C63H120O6/c1-4-7-10-13-15-17-19-21-23-24-25-26-27-28-29-30-31-32-33-34-35-36-37-38-39-40-42-43-45-47-50-53-56-62(65)68-59-60(58-67-61(64)55-52-49-12-9-6-3)69-63(66)57-54-51-48-46-44-41-22-20-18-16-14-11-8-5-2/h20,22,60H,4-19,21,23-59H2,1-3H3/b22-20-. The van der Waals surface area contributed by atoms with Crippen molar-refractivity contribution in [3.63, 3.8) is 0 Å². The Hall–Kier alpha value is -1.85. The third-order valence-electron chi connectivity index (χ3n) is 14.3. The summed E-state index contributed by atoms with van der Waals surface area (Å²) in [6.07, 6.45) is 68.6. The number of allylic oxidation sites excluding steroid dienone is 2. The van der Waals surface area contributed by atoms with E-state index in [1.165, 1.54) is 244 Å². The molecule has 0 aliphatic rings. The molecule has 0 N–H and O–H groups in total. The zero-order valence-electron chi connectivity index (χ0n) is 46.9. The van der Waals surface area contributed by atoms with Gasteiger partial charge in [-0.3, -0.25) is 14.4 Å². The van der Waals surface area contributed by atoms with Crippen LogP contribution in [0.3, 0.4) is 0 Å². The first-order valence-electron chi connectivity index (χ1n) is 31.2. The van der Waals surface area contributed by atoms with Crippen LogP contribution in [-0.4, -0.2) is 37.2 Å². The van der Waals surface area contributed by atoms with Gasteiger partial charge in [0.15, 0.2) is 6.10 Å². The first-order valence-corrected chi connectivity index (χ1v) is 31.2. The predicted octanol–water partition coefficient (Wildman–Crippen LogP) is 20.9. The van der Waals surface area contributed by atoms with E-state index in [0.717, 1.165) is 70.6 Å². The maximum atomic E-state index is 12.7. The third kappa shape index (κ3) is 56.9. The summed E-state index contributed by atoms with van der Waals surface area (Å²) in [5.74, 6) is -0.873. The Bertz CT molecular complexity index is 1070. The number of hydrogen-bond donors (Lipinski definition) is 0. The molecule has 0 rings (SSSR count). The van der Waals surface area contributed by atoms with Gasteiger partial charge in [0.25, 0.3) is 0 Å². The number of carbonyl (C=O) groups excluding carboxylic acids is 3. The molecule has 0 spiro atoms. The van der Waals surface area contributed by atoms with Gasteiger partial charge in [-0.2, -0.15) is 0 Å². The Balaban J connectivity index is 3.85. The second-order valence-corrected chi connectivity index (χ2v) is 21.3. The lowest BCUT2D eigenvalue weighted by atomic mass is 10.0. The smallest absolute Gasteiger partial charge is 0.306 e. The molecule has 0 aromatic carbocycles.